The van der Waals surface area contributed by atoms with E-state index in [2.05, 4.69) is 0 Å². The summed E-state index contributed by atoms with van der Waals surface area (Å²) in [6, 6.07) is 2.47. The largest absolute Gasteiger partial charge is 0.496 e. The van der Waals surface area contributed by atoms with Crippen molar-refractivity contribution in [3.05, 3.63) is 29.1 Å². The smallest absolute Gasteiger partial charge is 0.255 e. The number of methoxy groups -OCH3 is 1. The second-order valence-electron chi connectivity index (χ2n) is 2.43. The summed E-state index contributed by atoms with van der Waals surface area (Å²) in [5.41, 5.74) is -0.645. The minimum atomic E-state index is -0.959. The van der Waals surface area contributed by atoms with E-state index in [0.717, 1.165) is 6.07 Å². The molecule has 0 atom stereocenters. The number of hydrogen-bond acceptors (Lipinski definition) is 3. The summed E-state index contributed by atoms with van der Waals surface area (Å²) in [6.07, 6.45) is 0.275. The van der Waals surface area contributed by atoms with Crippen LogP contribution in [0.2, 0.25) is 0 Å². The highest BCUT2D eigenvalue weighted by atomic mass is 35.5. The quantitative estimate of drug-likeness (QED) is 0.574. The molecule has 0 aliphatic rings. The van der Waals surface area contributed by atoms with Crippen molar-refractivity contribution in [3.63, 3.8) is 0 Å². The van der Waals surface area contributed by atoms with Crippen LogP contribution in [-0.2, 0) is 0 Å². The van der Waals surface area contributed by atoms with Gasteiger partial charge in [-0.2, -0.15) is 0 Å². The van der Waals surface area contributed by atoms with E-state index in [-0.39, 0.29) is 23.2 Å². The van der Waals surface area contributed by atoms with Crippen LogP contribution in [0, 0.1) is 5.82 Å². The van der Waals surface area contributed by atoms with Crippen molar-refractivity contribution in [2.24, 2.45) is 0 Å². The van der Waals surface area contributed by atoms with Crippen LogP contribution in [0.3, 0.4) is 0 Å². The van der Waals surface area contributed by atoms with E-state index in [1.165, 1.54) is 13.2 Å². The van der Waals surface area contributed by atoms with Crippen molar-refractivity contribution in [2.75, 3.05) is 7.11 Å². The number of halogens is 2. The molecule has 1 aromatic carbocycles. The average molecular weight is 217 g/mol. The lowest BCUT2D eigenvalue weighted by atomic mass is 10.1. The molecule has 0 saturated heterocycles. The molecule has 0 unspecified atom stereocenters. The van der Waals surface area contributed by atoms with Crippen LogP contribution in [0.15, 0.2) is 12.1 Å². The highest BCUT2D eigenvalue weighted by Crippen LogP contribution is 2.23. The lowest BCUT2D eigenvalue weighted by Gasteiger charge is -2.05. The number of carbonyl (C=O) groups is 2. The van der Waals surface area contributed by atoms with Crippen LogP contribution >= 0.6 is 11.6 Å². The third-order valence-electron chi connectivity index (χ3n) is 1.69. The number of rotatable bonds is 3. The Morgan fingerprint density at radius 3 is 2.64 bits per heavy atom. The first kappa shape index (κ1) is 10.7. The van der Waals surface area contributed by atoms with E-state index in [9.17, 15) is 14.0 Å². The number of carbonyl (C=O) groups excluding carboxylic acids is 2. The maximum atomic E-state index is 13.4. The highest BCUT2D eigenvalue weighted by Gasteiger charge is 2.16. The van der Waals surface area contributed by atoms with Gasteiger partial charge in [-0.05, 0) is 23.7 Å². The van der Waals surface area contributed by atoms with Crippen molar-refractivity contribution in [1.29, 1.82) is 0 Å². The van der Waals surface area contributed by atoms with Crippen molar-refractivity contribution in [1.82, 2.24) is 0 Å². The van der Waals surface area contributed by atoms with Crippen LogP contribution in [0.25, 0.3) is 0 Å². The maximum Gasteiger partial charge on any atom is 0.255 e. The van der Waals surface area contributed by atoms with E-state index in [0.29, 0.717) is 0 Å². The van der Waals surface area contributed by atoms with Gasteiger partial charge in [-0.25, -0.2) is 4.39 Å². The second kappa shape index (κ2) is 4.19. The predicted molar refractivity (Wildman–Crippen MR) is 48.5 cm³/mol. The second-order valence-corrected chi connectivity index (χ2v) is 2.78. The Kier molecular flexibility index (Phi) is 3.19. The summed E-state index contributed by atoms with van der Waals surface area (Å²) in [5, 5.41) is -0.951. The summed E-state index contributed by atoms with van der Waals surface area (Å²) in [6.45, 7) is 0. The lowest BCUT2D eigenvalue weighted by Crippen LogP contribution is -2.01. The Morgan fingerprint density at radius 2 is 2.21 bits per heavy atom. The topological polar surface area (TPSA) is 43.4 Å². The normalized spacial score (nSPS) is 9.64. The molecule has 0 radical (unpaired) electrons. The van der Waals surface area contributed by atoms with E-state index < -0.39 is 11.1 Å². The molecule has 0 N–H and O–H groups in total. The molecule has 1 aromatic rings. The van der Waals surface area contributed by atoms with Crippen LogP contribution in [0.1, 0.15) is 20.7 Å². The minimum Gasteiger partial charge on any atom is -0.496 e. The maximum absolute atomic E-state index is 13.4. The van der Waals surface area contributed by atoms with Gasteiger partial charge >= 0.3 is 0 Å². The van der Waals surface area contributed by atoms with E-state index >= 15 is 0 Å². The average Bonchev–Trinajstić information content (AvgIpc) is 2.16. The molecule has 0 aliphatic carbocycles. The Hall–Kier alpha value is -1.42. The van der Waals surface area contributed by atoms with Gasteiger partial charge in [0.25, 0.3) is 5.24 Å². The standard InChI is InChI=1S/C9H6ClFO3/c1-14-7-3-2-5(9(10)13)8(11)6(7)4-12/h2-4H,1H3. The number of hydrogen-bond donors (Lipinski definition) is 0. The van der Waals surface area contributed by atoms with Crippen molar-refractivity contribution in [2.45, 2.75) is 0 Å². The van der Waals surface area contributed by atoms with Gasteiger partial charge in [0.2, 0.25) is 0 Å². The van der Waals surface area contributed by atoms with Gasteiger partial charge in [-0.15, -0.1) is 0 Å². The number of ether oxygens (including phenoxy) is 1. The van der Waals surface area contributed by atoms with Gasteiger partial charge in [0.15, 0.2) is 6.29 Å². The molecule has 0 aromatic heterocycles. The van der Waals surface area contributed by atoms with Crippen LogP contribution in [-0.4, -0.2) is 18.6 Å². The van der Waals surface area contributed by atoms with Crippen molar-refractivity contribution in [3.8, 4) is 5.75 Å². The summed E-state index contributed by atoms with van der Waals surface area (Å²) in [4.78, 5) is 21.2. The SMILES string of the molecule is COc1ccc(C(=O)Cl)c(F)c1C=O. The Balaban J connectivity index is 3.42. The van der Waals surface area contributed by atoms with Gasteiger partial charge in [0.1, 0.15) is 11.6 Å². The fourth-order valence-corrected chi connectivity index (χ4v) is 1.16. The third kappa shape index (κ3) is 1.75. The number of aldehydes is 1. The zero-order chi connectivity index (χ0) is 10.7. The molecule has 0 spiro atoms. The first-order chi connectivity index (χ1) is 6.61. The Labute approximate surface area is 84.4 Å². The molecule has 0 heterocycles. The molecule has 14 heavy (non-hydrogen) atoms. The zero-order valence-electron chi connectivity index (χ0n) is 7.21. The summed E-state index contributed by atoms with van der Waals surface area (Å²) in [7, 11) is 1.30. The van der Waals surface area contributed by atoms with Gasteiger partial charge in [-0.3, -0.25) is 9.59 Å². The van der Waals surface area contributed by atoms with Gasteiger partial charge < -0.3 is 4.74 Å². The fourth-order valence-electron chi connectivity index (χ4n) is 1.01. The van der Waals surface area contributed by atoms with E-state index in [1.807, 2.05) is 0 Å². The first-order valence-electron chi connectivity index (χ1n) is 3.63. The highest BCUT2D eigenvalue weighted by molar-refractivity contribution is 6.67. The molecular weight excluding hydrogens is 211 g/mol. The summed E-state index contributed by atoms with van der Waals surface area (Å²) < 4.78 is 18.1. The molecule has 3 nitrogen and oxygen atoms in total. The molecule has 0 bridgehead atoms. The summed E-state index contributed by atoms with van der Waals surface area (Å²) in [5.74, 6) is -0.890. The summed E-state index contributed by atoms with van der Waals surface area (Å²) >= 11 is 5.10. The molecule has 0 fully saturated rings. The monoisotopic (exact) mass is 216 g/mol. The van der Waals surface area contributed by atoms with Crippen LogP contribution in [0.5, 0.6) is 5.75 Å². The molecule has 74 valence electrons. The van der Waals surface area contributed by atoms with E-state index in [1.54, 1.807) is 0 Å². The molecule has 1 rings (SSSR count). The molecule has 0 saturated carbocycles. The Bertz CT molecular complexity index is 390. The predicted octanol–water partition coefficient (Wildman–Crippen LogP) is 2.03. The van der Waals surface area contributed by atoms with Crippen LogP contribution < -0.4 is 4.74 Å². The van der Waals surface area contributed by atoms with E-state index in [4.69, 9.17) is 16.3 Å². The van der Waals surface area contributed by atoms with Gasteiger partial charge in [0, 0.05) is 0 Å². The van der Waals surface area contributed by atoms with Gasteiger partial charge in [0.05, 0.1) is 18.2 Å². The molecule has 5 heteroatoms. The first-order valence-corrected chi connectivity index (χ1v) is 4.01. The Morgan fingerprint density at radius 1 is 1.57 bits per heavy atom. The van der Waals surface area contributed by atoms with Crippen molar-refractivity contribution >= 4 is 23.1 Å². The third-order valence-corrected chi connectivity index (χ3v) is 1.89. The fraction of sp³-hybridized carbons (Fsp3) is 0.111. The lowest BCUT2D eigenvalue weighted by molar-refractivity contribution is 0.107. The van der Waals surface area contributed by atoms with Crippen molar-refractivity contribution < 1.29 is 18.7 Å². The van der Waals surface area contributed by atoms with Crippen LogP contribution in [0.4, 0.5) is 4.39 Å². The number of benzene rings is 1. The zero-order valence-corrected chi connectivity index (χ0v) is 7.97. The molecule has 0 aliphatic heterocycles. The van der Waals surface area contributed by atoms with Gasteiger partial charge in [-0.1, -0.05) is 0 Å². The molecular formula is C9H6ClFO3. The minimum absolute atomic E-state index is 0.0687. The molecule has 0 amide bonds.